The number of carbonyl (C=O) groups is 1. The topological polar surface area (TPSA) is 93.5 Å². The highest BCUT2D eigenvalue weighted by atomic mass is 35.5. The molecule has 3 aromatic heterocycles. The monoisotopic (exact) mass is 570 g/mol. The molecule has 1 saturated heterocycles. The van der Waals surface area contributed by atoms with Gasteiger partial charge in [-0.2, -0.15) is 4.98 Å². The predicted molar refractivity (Wildman–Crippen MR) is 160 cm³/mol. The third kappa shape index (κ3) is 4.35. The first-order valence-electron chi connectivity index (χ1n) is 13.7. The fourth-order valence-electron chi connectivity index (χ4n) is 5.93. The number of anilines is 1. The SMILES string of the molecule is C=CC(=O)N1CCN(c2nc(=O)n(-c3c(C)ccnc3C(C)C)c3c4c(c(Cl)cc23)-c2cnccc2CO4)[C@@H](C)C1. The molecule has 4 aromatic rings. The number of hydrogen-bond acceptors (Lipinski definition) is 7. The second kappa shape index (κ2) is 10.3. The molecular weight excluding hydrogens is 540 g/mol. The van der Waals surface area contributed by atoms with Crippen LogP contribution in [0.1, 0.15) is 43.5 Å². The van der Waals surface area contributed by atoms with E-state index >= 15 is 0 Å². The first-order valence-corrected chi connectivity index (χ1v) is 14.1. The lowest BCUT2D eigenvalue weighted by atomic mass is 9.96. The maximum atomic E-state index is 14.2. The number of ether oxygens (including phenoxy) is 1. The summed E-state index contributed by atoms with van der Waals surface area (Å²) in [6.07, 6.45) is 6.60. The van der Waals surface area contributed by atoms with Crippen LogP contribution in [0.25, 0.3) is 27.7 Å². The third-order valence-electron chi connectivity index (χ3n) is 7.93. The minimum absolute atomic E-state index is 0.0518. The van der Waals surface area contributed by atoms with Crippen LogP contribution in [0.3, 0.4) is 0 Å². The van der Waals surface area contributed by atoms with Gasteiger partial charge in [0.1, 0.15) is 17.9 Å². The number of aryl methyl sites for hydroxylation is 1. The molecule has 1 atom stereocenters. The Kier molecular flexibility index (Phi) is 6.77. The lowest BCUT2D eigenvalue weighted by Gasteiger charge is -2.40. The van der Waals surface area contributed by atoms with Crippen LogP contribution in [0.2, 0.25) is 5.02 Å². The van der Waals surface area contributed by atoms with Gasteiger partial charge in [0.15, 0.2) is 5.75 Å². The van der Waals surface area contributed by atoms with E-state index in [1.54, 1.807) is 28.1 Å². The van der Waals surface area contributed by atoms with Crippen molar-refractivity contribution in [3.8, 4) is 22.6 Å². The normalized spacial score (nSPS) is 16.4. The Morgan fingerprint density at radius 1 is 1.24 bits per heavy atom. The van der Waals surface area contributed by atoms with Crippen molar-refractivity contribution in [2.45, 2.75) is 46.3 Å². The largest absolute Gasteiger partial charge is 0.486 e. The Bertz CT molecular complexity index is 1780. The zero-order chi connectivity index (χ0) is 29.0. The number of halogens is 1. The number of carbonyl (C=O) groups excluding carboxylic acids is 1. The Labute approximate surface area is 243 Å². The number of piperazine rings is 1. The molecule has 0 spiro atoms. The average molecular weight is 571 g/mol. The smallest absolute Gasteiger partial charge is 0.354 e. The summed E-state index contributed by atoms with van der Waals surface area (Å²) in [5.74, 6) is 0.962. The van der Waals surface area contributed by atoms with Crippen molar-refractivity contribution in [1.29, 1.82) is 0 Å². The van der Waals surface area contributed by atoms with Gasteiger partial charge in [0, 0.05) is 66.3 Å². The van der Waals surface area contributed by atoms with E-state index in [-0.39, 0.29) is 17.9 Å². The molecule has 0 N–H and O–H groups in total. The number of fused-ring (bicyclic) bond motifs is 5. The van der Waals surface area contributed by atoms with Gasteiger partial charge in [-0.1, -0.05) is 32.0 Å². The van der Waals surface area contributed by atoms with E-state index in [1.165, 1.54) is 6.08 Å². The van der Waals surface area contributed by atoms with Gasteiger partial charge < -0.3 is 14.5 Å². The van der Waals surface area contributed by atoms with Crippen LogP contribution >= 0.6 is 11.6 Å². The number of amides is 1. The van der Waals surface area contributed by atoms with Crippen LogP contribution in [0, 0.1) is 6.92 Å². The second-order valence-electron chi connectivity index (χ2n) is 10.9. The molecule has 0 unspecified atom stereocenters. The van der Waals surface area contributed by atoms with E-state index in [4.69, 9.17) is 16.3 Å². The van der Waals surface area contributed by atoms with Crippen LogP contribution < -0.4 is 15.3 Å². The maximum absolute atomic E-state index is 14.2. The Morgan fingerprint density at radius 2 is 2.05 bits per heavy atom. The number of rotatable bonds is 4. The molecule has 2 aliphatic rings. The minimum Gasteiger partial charge on any atom is -0.486 e. The van der Waals surface area contributed by atoms with Crippen LogP contribution in [0.15, 0.2) is 54.2 Å². The lowest BCUT2D eigenvalue weighted by molar-refractivity contribution is -0.126. The van der Waals surface area contributed by atoms with E-state index in [9.17, 15) is 9.59 Å². The standard InChI is InChI=1S/C31H31ClN6O3/c1-6-24(39)36-11-12-37(19(5)15-36)30-21-13-23(32)25-22-14-33-9-8-20(22)16-41-29(25)28(21)38(31(40)35-30)27-18(4)7-10-34-26(27)17(2)3/h6-10,13-14,17,19H,1,11-12,15-16H2,2-5H3/t19-/m0/s1. The van der Waals surface area contributed by atoms with Gasteiger partial charge in [-0.05, 0) is 49.6 Å². The zero-order valence-electron chi connectivity index (χ0n) is 23.5. The summed E-state index contributed by atoms with van der Waals surface area (Å²) < 4.78 is 8.07. The summed E-state index contributed by atoms with van der Waals surface area (Å²) in [6, 6.07) is 5.57. The van der Waals surface area contributed by atoms with Gasteiger partial charge in [0.25, 0.3) is 0 Å². The molecule has 6 rings (SSSR count). The second-order valence-corrected chi connectivity index (χ2v) is 11.3. The van der Waals surface area contributed by atoms with E-state index in [1.807, 2.05) is 32.0 Å². The number of pyridine rings is 2. The molecular formula is C31H31ClN6O3. The van der Waals surface area contributed by atoms with E-state index in [0.29, 0.717) is 65.0 Å². The van der Waals surface area contributed by atoms with Crippen molar-refractivity contribution in [2.75, 3.05) is 24.5 Å². The van der Waals surface area contributed by atoms with Crippen molar-refractivity contribution >= 4 is 34.2 Å². The number of benzene rings is 1. The lowest BCUT2D eigenvalue weighted by Crippen LogP contribution is -2.54. The highest BCUT2D eigenvalue weighted by Crippen LogP contribution is 2.48. The number of nitrogens with zero attached hydrogens (tertiary/aromatic N) is 6. The summed E-state index contributed by atoms with van der Waals surface area (Å²) in [5.41, 5.74) is 5.06. The van der Waals surface area contributed by atoms with Gasteiger partial charge in [-0.3, -0.25) is 19.3 Å². The van der Waals surface area contributed by atoms with E-state index in [0.717, 1.165) is 22.4 Å². The van der Waals surface area contributed by atoms with Crippen molar-refractivity contribution in [3.05, 3.63) is 81.8 Å². The van der Waals surface area contributed by atoms with E-state index < -0.39 is 5.69 Å². The molecule has 0 saturated carbocycles. The van der Waals surface area contributed by atoms with Gasteiger partial charge in [-0.15, -0.1) is 0 Å². The molecule has 1 aromatic carbocycles. The van der Waals surface area contributed by atoms with Crippen molar-refractivity contribution in [3.63, 3.8) is 0 Å². The van der Waals surface area contributed by atoms with Crippen molar-refractivity contribution in [2.24, 2.45) is 0 Å². The summed E-state index contributed by atoms with van der Waals surface area (Å²) in [6.45, 7) is 13.5. The molecule has 210 valence electrons. The summed E-state index contributed by atoms with van der Waals surface area (Å²) >= 11 is 7.01. The quantitative estimate of drug-likeness (QED) is 0.317. The Hall–Kier alpha value is -4.24. The molecule has 9 nitrogen and oxygen atoms in total. The average Bonchev–Trinajstić information content (AvgIpc) is 2.96. The van der Waals surface area contributed by atoms with E-state index in [2.05, 4.69) is 40.3 Å². The zero-order valence-corrected chi connectivity index (χ0v) is 24.3. The van der Waals surface area contributed by atoms with Crippen LogP contribution in [0.4, 0.5) is 5.82 Å². The van der Waals surface area contributed by atoms with Crippen molar-refractivity contribution in [1.82, 2.24) is 24.4 Å². The first kappa shape index (κ1) is 27.0. The van der Waals surface area contributed by atoms with Crippen LogP contribution in [-0.2, 0) is 11.4 Å². The van der Waals surface area contributed by atoms with Gasteiger partial charge >= 0.3 is 5.69 Å². The molecule has 0 radical (unpaired) electrons. The van der Waals surface area contributed by atoms with Crippen molar-refractivity contribution < 1.29 is 9.53 Å². The Morgan fingerprint density at radius 3 is 2.78 bits per heavy atom. The van der Waals surface area contributed by atoms with Crippen LogP contribution in [0.5, 0.6) is 5.75 Å². The minimum atomic E-state index is -0.438. The van der Waals surface area contributed by atoms with Crippen LogP contribution in [-0.4, -0.2) is 56.0 Å². The highest BCUT2D eigenvalue weighted by molar-refractivity contribution is 6.35. The summed E-state index contributed by atoms with van der Waals surface area (Å²) in [5, 5.41) is 1.17. The maximum Gasteiger partial charge on any atom is 0.354 e. The van der Waals surface area contributed by atoms with Gasteiger partial charge in [-0.25, -0.2) is 4.79 Å². The molecule has 2 aliphatic heterocycles. The molecule has 41 heavy (non-hydrogen) atoms. The highest BCUT2D eigenvalue weighted by Gasteiger charge is 2.33. The molecule has 1 fully saturated rings. The fraction of sp³-hybridized carbons (Fsp3) is 0.323. The molecule has 1 amide bonds. The fourth-order valence-corrected chi connectivity index (χ4v) is 6.23. The Balaban J connectivity index is 1.68. The molecule has 5 heterocycles. The number of aromatic nitrogens is 4. The predicted octanol–water partition coefficient (Wildman–Crippen LogP) is 5.04. The molecule has 0 bridgehead atoms. The third-order valence-corrected chi connectivity index (χ3v) is 8.23. The number of hydrogen-bond donors (Lipinski definition) is 0. The molecule has 0 aliphatic carbocycles. The molecule has 10 heteroatoms. The van der Waals surface area contributed by atoms with Gasteiger partial charge in [0.2, 0.25) is 5.91 Å². The summed E-state index contributed by atoms with van der Waals surface area (Å²) in [7, 11) is 0. The summed E-state index contributed by atoms with van der Waals surface area (Å²) in [4.78, 5) is 44.0. The first-order chi connectivity index (χ1) is 19.7. The van der Waals surface area contributed by atoms with Gasteiger partial charge in [0.05, 0.1) is 16.4 Å².